The third-order valence-corrected chi connectivity index (χ3v) is 17.4. The summed E-state index contributed by atoms with van der Waals surface area (Å²) >= 11 is 0. The molecule has 14 nitrogen and oxygen atoms in total. The van der Waals surface area contributed by atoms with Gasteiger partial charge < -0.3 is 65.1 Å². The van der Waals surface area contributed by atoms with Crippen LogP contribution in [0.15, 0.2) is 85.1 Å². The summed E-state index contributed by atoms with van der Waals surface area (Å²) in [6, 6.07) is -0.831. The molecular formula is C75H133NO13. The zero-order valence-corrected chi connectivity index (χ0v) is 56.2. The average molecular weight is 1260 g/mol. The van der Waals surface area contributed by atoms with E-state index in [1.165, 1.54) is 167 Å². The monoisotopic (exact) mass is 1260 g/mol. The number of unbranched alkanes of at least 4 members (excludes halogenated alkanes) is 32. The molecule has 2 aliphatic rings. The van der Waals surface area contributed by atoms with Crippen molar-refractivity contribution in [3.05, 3.63) is 85.1 Å². The Bertz CT molecular complexity index is 1820. The first-order valence-corrected chi connectivity index (χ1v) is 36.3. The second kappa shape index (κ2) is 59.0. The fraction of sp³-hybridized carbons (Fsp3) is 0.800. The van der Waals surface area contributed by atoms with Crippen molar-refractivity contribution in [2.24, 2.45) is 0 Å². The van der Waals surface area contributed by atoms with Gasteiger partial charge in [-0.25, -0.2) is 0 Å². The van der Waals surface area contributed by atoms with E-state index in [0.717, 1.165) is 96.3 Å². The van der Waals surface area contributed by atoms with Gasteiger partial charge in [-0.3, -0.25) is 4.79 Å². The number of amides is 1. The molecule has 0 spiro atoms. The first kappa shape index (κ1) is 82.3. The molecule has 0 aromatic heterocycles. The van der Waals surface area contributed by atoms with Gasteiger partial charge >= 0.3 is 0 Å². The lowest BCUT2D eigenvalue weighted by atomic mass is 9.97. The largest absolute Gasteiger partial charge is 0.394 e. The third-order valence-electron chi connectivity index (χ3n) is 17.4. The molecule has 0 aromatic rings. The smallest absolute Gasteiger partial charge is 0.220 e. The number of aliphatic hydroxyl groups excluding tert-OH is 8. The van der Waals surface area contributed by atoms with Crippen LogP contribution in [0.4, 0.5) is 0 Å². The molecule has 2 rings (SSSR count). The highest BCUT2D eigenvalue weighted by atomic mass is 16.7. The minimum Gasteiger partial charge on any atom is -0.394 e. The Balaban J connectivity index is 1.58. The van der Waals surface area contributed by atoms with E-state index in [-0.39, 0.29) is 12.5 Å². The second-order valence-electron chi connectivity index (χ2n) is 25.3. The number of hydrogen-bond donors (Lipinski definition) is 9. The Hall–Kier alpha value is -2.83. The molecule has 0 aliphatic carbocycles. The lowest BCUT2D eigenvalue weighted by Crippen LogP contribution is -2.65. The van der Waals surface area contributed by atoms with Gasteiger partial charge in [0.1, 0.15) is 48.8 Å². The molecule has 0 bridgehead atoms. The van der Waals surface area contributed by atoms with Crippen molar-refractivity contribution in [2.45, 2.75) is 364 Å². The Labute approximate surface area is 541 Å². The van der Waals surface area contributed by atoms with E-state index in [1.54, 1.807) is 0 Å². The van der Waals surface area contributed by atoms with Gasteiger partial charge in [0.2, 0.25) is 5.91 Å². The highest BCUT2D eigenvalue weighted by Gasteiger charge is 2.51. The lowest BCUT2D eigenvalue weighted by molar-refractivity contribution is -0.359. The zero-order valence-electron chi connectivity index (χ0n) is 56.2. The number of carbonyl (C=O) groups is 1. The predicted octanol–water partition coefficient (Wildman–Crippen LogP) is 15.2. The molecular weight excluding hydrogens is 1120 g/mol. The Morgan fingerprint density at radius 2 is 0.775 bits per heavy atom. The van der Waals surface area contributed by atoms with Gasteiger partial charge in [-0.1, -0.05) is 298 Å². The molecule has 516 valence electrons. The van der Waals surface area contributed by atoms with Crippen molar-refractivity contribution >= 4 is 5.91 Å². The summed E-state index contributed by atoms with van der Waals surface area (Å²) in [5.74, 6) is -0.205. The third kappa shape index (κ3) is 42.9. The van der Waals surface area contributed by atoms with Crippen LogP contribution < -0.4 is 5.32 Å². The Morgan fingerprint density at radius 3 is 1.19 bits per heavy atom. The van der Waals surface area contributed by atoms with Gasteiger partial charge in [-0.2, -0.15) is 0 Å². The molecule has 12 atom stereocenters. The van der Waals surface area contributed by atoms with Gasteiger partial charge in [-0.05, 0) is 70.6 Å². The van der Waals surface area contributed by atoms with Crippen LogP contribution in [0, 0.1) is 0 Å². The zero-order chi connectivity index (χ0) is 64.5. The summed E-state index contributed by atoms with van der Waals surface area (Å²) in [5, 5.41) is 87.6. The van der Waals surface area contributed by atoms with E-state index in [0.29, 0.717) is 12.8 Å². The van der Waals surface area contributed by atoms with Crippen LogP contribution in [0.3, 0.4) is 0 Å². The maximum atomic E-state index is 13.3. The van der Waals surface area contributed by atoms with Crippen LogP contribution >= 0.6 is 0 Å². The number of carbonyl (C=O) groups excluding carboxylic acids is 1. The van der Waals surface area contributed by atoms with Crippen molar-refractivity contribution < 1.29 is 64.6 Å². The van der Waals surface area contributed by atoms with Gasteiger partial charge in [0, 0.05) is 6.42 Å². The standard InChI is InChI=1S/C75H133NO13/c1-3-5-7-9-11-13-15-17-19-21-22-23-24-25-26-27-28-29-30-31-32-33-34-35-36-37-38-39-40-41-42-43-45-47-49-51-53-55-57-59-67(80)76-63(64(79)58-56-54-52-50-48-46-44-20-18-16-14-12-10-8-6-4-2)62-86-74-72(85)70(83)73(66(61-78)88-74)89-75-71(84)69(82)68(81)65(60-77)87-75/h5,7,11,13,17,19,22-23,25-26,28-29,31-32,63-66,68-75,77-79,81-85H,3-4,6,8-10,12,14-16,18,20-21,24,27,30,33-62H2,1-2H3,(H,76,80)/b7-5-,13-11-,19-17-,23-22-,26-25-,29-28-,32-31-. The number of hydrogen-bond acceptors (Lipinski definition) is 13. The van der Waals surface area contributed by atoms with E-state index >= 15 is 0 Å². The summed E-state index contributed by atoms with van der Waals surface area (Å²) in [5.41, 5.74) is 0. The molecule has 2 heterocycles. The Morgan fingerprint density at radius 1 is 0.416 bits per heavy atom. The number of ether oxygens (including phenoxy) is 4. The molecule has 9 N–H and O–H groups in total. The molecule has 2 saturated heterocycles. The number of allylic oxidation sites excluding steroid dienone is 14. The van der Waals surface area contributed by atoms with Gasteiger partial charge in [-0.15, -0.1) is 0 Å². The fourth-order valence-corrected chi connectivity index (χ4v) is 11.6. The molecule has 0 aromatic carbocycles. The quantitative estimate of drug-likeness (QED) is 0.0204. The molecule has 89 heavy (non-hydrogen) atoms. The van der Waals surface area contributed by atoms with E-state index < -0.39 is 86.8 Å². The van der Waals surface area contributed by atoms with Crippen molar-refractivity contribution in [3.8, 4) is 0 Å². The SMILES string of the molecule is CC/C=C\C/C=C\C/C=C\C/C=C\C/C=C\C/C=C\C/C=C\CCCCCCCCCCCCCCCCCCCC(=O)NC(COC1OC(CO)C(OC2OC(CO)C(O)C(O)C2O)C(O)C1O)C(O)CCCCCCCCCCCCCCCCCC. The van der Waals surface area contributed by atoms with Gasteiger partial charge in [0.25, 0.3) is 0 Å². The highest BCUT2D eigenvalue weighted by Crippen LogP contribution is 2.30. The normalized spacial score (nSPS) is 23.5. The molecule has 2 fully saturated rings. The number of aliphatic hydroxyl groups is 8. The molecule has 0 radical (unpaired) electrons. The molecule has 0 saturated carbocycles. The van der Waals surface area contributed by atoms with Crippen molar-refractivity contribution in [3.63, 3.8) is 0 Å². The maximum Gasteiger partial charge on any atom is 0.220 e. The van der Waals surface area contributed by atoms with Crippen molar-refractivity contribution in [1.82, 2.24) is 5.32 Å². The predicted molar refractivity (Wildman–Crippen MR) is 364 cm³/mol. The van der Waals surface area contributed by atoms with Gasteiger partial charge in [0.05, 0.1) is 32.0 Å². The minimum absolute atomic E-state index is 0.205. The van der Waals surface area contributed by atoms with Crippen molar-refractivity contribution in [2.75, 3.05) is 19.8 Å². The lowest BCUT2D eigenvalue weighted by Gasteiger charge is -2.46. The van der Waals surface area contributed by atoms with Crippen molar-refractivity contribution in [1.29, 1.82) is 0 Å². The summed E-state index contributed by atoms with van der Waals surface area (Å²) in [6.45, 7) is 2.77. The minimum atomic E-state index is -1.78. The summed E-state index contributed by atoms with van der Waals surface area (Å²) in [6.07, 6.45) is 64.6. The molecule has 2 aliphatic heterocycles. The molecule has 14 heteroatoms. The van der Waals surface area contributed by atoms with E-state index in [1.807, 2.05) is 0 Å². The van der Waals surface area contributed by atoms with Crippen LogP contribution in [0.2, 0.25) is 0 Å². The van der Waals surface area contributed by atoms with Crippen LogP contribution in [-0.4, -0.2) is 140 Å². The summed E-state index contributed by atoms with van der Waals surface area (Å²) in [7, 11) is 0. The topological polar surface area (TPSA) is 228 Å². The van der Waals surface area contributed by atoms with E-state index in [4.69, 9.17) is 18.9 Å². The summed E-state index contributed by atoms with van der Waals surface area (Å²) < 4.78 is 22.9. The van der Waals surface area contributed by atoms with Crippen LogP contribution in [0.1, 0.15) is 290 Å². The summed E-state index contributed by atoms with van der Waals surface area (Å²) in [4.78, 5) is 13.3. The number of nitrogens with one attached hydrogen (secondary N) is 1. The van der Waals surface area contributed by atoms with Gasteiger partial charge in [0.15, 0.2) is 12.6 Å². The Kier molecular flexibility index (Phi) is 54.5. The average Bonchev–Trinajstić information content (AvgIpc) is 2.55. The van der Waals surface area contributed by atoms with Crippen LogP contribution in [-0.2, 0) is 23.7 Å². The molecule has 12 unspecified atom stereocenters. The highest BCUT2D eigenvalue weighted by molar-refractivity contribution is 5.76. The van der Waals surface area contributed by atoms with E-state index in [2.05, 4.69) is 104 Å². The fourth-order valence-electron chi connectivity index (χ4n) is 11.6. The molecule has 1 amide bonds. The first-order chi connectivity index (χ1) is 43.6. The van der Waals surface area contributed by atoms with E-state index in [9.17, 15) is 45.6 Å². The number of rotatable bonds is 59. The first-order valence-electron chi connectivity index (χ1n) is 36.3. The van der Waals surface area contributed by atoms with Crippen LogP contribution in [0.25, 0.3) is 0 Å². The maximum absolute atomic E-state index is 13.3. The van der Waals surface area contributed by atoms with Crippen LogP contribution in [0.5, 0.6) is 0 Å². The second-order valence-corrected chi connectivity index (χ2v) is 25.3.